The van der Waals surface area contributed by atoms with Gasteiger partial charge in [-0.3, -0.25) is 9.48 Å². The second-order valence-corrected chi connectivity index (χ2v) is 2.67. The third-order valence-electron chi connectivity index (χ3n) is 1.46. The number of hydrogen-bond acceptors (Lipinski definition) is 3. The largest absolute Gasteiger partial charge is 0.377 e. The molecule has 1 rings (SSSR count). The summed E-state index contributed by atoms with van der Waals surface area (Å²) in [6, 6.07) is 0. The van der Waals surface area contributed by atoms with Gasteiger partial charge in [0.1, 0.15) is 6.61 Å². The van der Waals surface area contributed by atoms with E-state index in [1.54, 1.807) is 10.9 Å². The number of hydrogen-bond donors (Lipinski definition) is 0. The molecule has 0 aliphatic carbocycles. The van der Waals surface area contributed by atoms with Gasteiger partial charge in [0.05, 0.1) is 6.20 Å². The predicted molar refractivity (Wildman–Crippen MR) is 43.8 cm³/mol. The summed E-state index contributed by atoms with van der Waals surface area (Å²) in [5.74, 6) is 0.0745. The zero-order chi connectivity index (χ0) is 8.97. The highest BCUT2D eigenvalue weighted by Gasteiger charge is 2.03. The molecule has 0 aliphatic rings. The summed E-state index contributed by atoms with van der Waals surface area (Å²) in [7, 11) is 3.34. The Morgan fingerprint density at radius 1 is 1.75 bits per heavy atom. The first-order valence-electron chi connectivity index (χ1n) is 3.70. The van der Waals surface area contributed by atoms with Gasteiger partial charge in [-0.15, -0.1) is 0 Å². The lowest BCUT2D eigenvalue weighted by molar-refractivity contribution is -0.121. The maximum absolute atomic E-state index is 11.1. The van der Waals surface area contributed by atoms with Crippen molar-refractivity contribution in [3.63, 3.8) is 0 Å². The van der Waals surface area contributed by atoms with Gasteiger partial charge in [-0.2, -0.15) is 5.10 Å². The highest BCUT2D eigenvalue weighted by Crippen LogP contribution is 1.98. The van der Waals surface area contributed by atoms with E-state index >= 15 is 0 Å². The number of ether oxygens (including phenoxy) is 1. The van der Waals surface area contributed by atoms with Gasteiger partial charge in [0.25, 0.3) is 0 Å². The molecule has 0 unspecified atom stereocenters. The van der Waals surface area contributed by atoms with Crippen LogP contribution in [0.2, 0.25) is 0 Å². The van der Waals surface area contributed by atoms with Crippen molar-refractivity contribution in [3.05, 3.63) is 18.0 Å². The first-order valence-corrected chi connectivity index (χ1v) is 3.70. The van der Waals surface area contributed by atoms with Crippen LogP contribution in [0.3, 0.4) is 0 Å². The number of ketones is 1. The summed E-state index contributed by atoms with van der Waals surface area (Å²) in [5.41, 5.74) is 0.930. The van der Waals surface area contributed by atoms with Crippen molar-refractivity contribution in [2.75, 3.05) is 13.7 Å². The van der Waals surface area contributed by atoms with Crippen LogP contribution in [0.5, 0.6) is 0 Å². The Morgan fingerprint density at radius 2 is 2.50 bits per heavy atom. The monoisotopic (exact) mass is 168 g/mol. The van der Waals surface area contributed by atoms with Gasteiger partial charge in [0.2, 0.25) is 0 Å². The highest BCUT2D eigenvalue weighted by atomic mass is 16.5. The third kappa shape index (κ3) is 2.47. The van der Waals surface area contributed by atoms with Crippen LogP contribution in [0.15, 0.2) is 12.4 Å². The van der Waals surface area contributed by atoms with E-state index < -0.39 is 0 Å². The van der Waals surface area contributed by atoms with Crippen molar-refractivity contribution < 1.29 is 9.53 Å². The van der Waals surface area contributed by atoms with E-state index in [2.05, 4.69) is 5.10 Å². The normalized spacial score (nSPS) is 10.2. The van der Waals surface area contributed by atoms with Crippen LogP contribution in [0.25, 0.3) is 0 Å². The topological polar surface area (TPSA) is 44.1 Å². The number of methoxy groups -OCH3 is 1. The molecule has 0 atom stereocenters. The Labute approximate surface area is 71.1 Å². The fraction of sp³-hybridized carbons (Fsp3) is 0.500. The van der Waals surface area contributed by atoms with E-state index in [4.69, 9.17) is 4.74 Å². The molecule has 12 heavy (non-hydrogen) atoms. The highest BCUT2D eigenvalue weighted by molar-refractivity contribution is 5.81. The second kappa shape index (κ2) is 4.01. The minimum absolute atomic E-state index is 0.0745. The van der Waals surface area contributed by atoms with Crippen LogP contribution in [-0.2, 0) is 23.0 Å². The summed E-state index contributed by atoms with van der Waals surface area (Å²) >= 11 is 0. The third-order valence-corrected chi connectivity index (χ3v) is 1.46. The van der Waals surface area contributed by atoms with Gasteiger partial charge in [0, 0.05) is 26.8 Å². The first kappa shape index (κ1) is 8.93. The van der Waals surface area contributed by atoms with Gasteiger partial charge in [0.15, 0.2) is 5.78 Å². The summed E-state index contributed by atoms with van der Waals surface area (Å²) in [4.78, 5) is 11.1. The number of aryl methyl sites for hydroxylation is 1. The number of carbonyl (C=O) groups is 1. The van der Waals surface area contributed by atoms with E-state index in [1.807, 2.05) is 13.2 Å². The van der Waals surface area contributed by atoms with Crippen LogP contribution in [0.1, 0.15) is 5.56 Å². The van der Waals surface area contributed by atoms with Crippen LogP contribution in [-0.4, -0.2) is 29.3 Å². The molecule has 0 fully saturated rings. The molecule has 66 valence electrons. The average molecular weight is 168 g/mol. The number of rotatable bonds is 4. The van der Waals surface area contributed by atoms with E-state index in [9.17, 15) is 4.79 Å². The van der Waals surface area contributed by atoms with Crippen molar-refractivity contribution in [1.29, 1.82) is 0 Å². The fourth-order valence-corrected chi connectivity index (χ4v) is 1.00. The Hall–Kier alpha value is -1.16. The van der Waals surface area contributed by atoms with E-state index in [0.29, 0.717) is 6.42 Å². The molecule has 0 bridgehead atoms. The first-order chi connectivity index (χ1) is 5.72. The molecule has 1 aromatic rings. The Bertz CT molecular complexity index is 268. The zero-order valence-electron chi connectivity index (χ0n) is 7.28. The van der Waals surface area contributed by atoms with Crippen molar-refractivity contribution in [2.24, 2.45) is 7.05 Å². The molecule has 0 saturated carbocycles. The quantitative estimate of drug-likeness (QED) is 0.644. The molecule has 4 nitrogen and oxygen atoms in total. The Morgan fingerprint density at radius 3 is 3.00 bits per heavy atom. The molecule has 0 aliphatic heterocycles. The molecule has 0 spiro atoms. The molecular formula is C8H12N2O2. The molecule has 4 heteroatoms. The summed E-state index contributed by atoms with van der Waals surface area (Å²) in [6.45, 7) is 0.175. The van der Waals surface area contributed by atoms with Gasteiger partial charge in [-0.05, 0) is 5.56 Å². The van der Waals surface area contributed by atoms with Crippen molar-refractivity contribution in [1.82, 2.24) is 9.78 Å². The predicted octanol–water partition coefficient (Wildman–Crippen LogP) is 0.178. The summed E-state index contributed by atoms with van der Waals surface area (Å²) < 4.78 is 6.38. The molecule has 1 aromatic heterocycles. The molecular weight excluding hydrogens is 156 g/mol. The number of nitrogens with zero attached hydrogens (tertiary/aromatic N) is 2. The summed E-state index contributed by atoms with van der Waals surface area (Å²) in [5, 5.41) is 3.95. The van der Waals surface area contributed by atoms with E-state index in [-0.39, 0.29) is 12.4 Å². The lowest BCUT2D eigenvalue weighted by Crippen LogP contribution is -2.09. The number of Topliss-reactive ketones (excluding diaryl/α,β-unsaturated/α-hetero) is 1. The lowest BCUT2D eigenvalue weighted by Gasteiger charge is -1.95. The SMILES string of the molecule is COCC(=O)Cc1cnn(C)c1. The number of carbonyl (C=O) groups excluding carboxylic acids is 1. The minimum atomic E-state index is 0.0745. The van der Waals surface area contributed by atoms with E-state index in [1.165, 1.54) is 7.11 Å². The fourth-order valence-electron chi connectivity index (χ4n) is 1.00. The standard InChI is InChI=1S/C8H12N2O2/c1-10-5-7(4-9-10)3-8(11)6-12-2/h4-5H,3,6H2,1-2H3. The number of aromatic nitrogens is 2. The van der Waals surface area contributed by atoms with Gasteiger partial charge < -0.3 is 4.74 Å². The molecule has 0 amide bonds. The molecule has 1 heterocycles. The average Bonchev–Trinajstić information content (AvgIpc) is 2.36. The minimum Gasteiger partial charge on any atom is -0.377 e. The second-order valence-electron chi connectivity index (χ2n) is 2.67. The Kier molecular flexibility index (Phi) is 2.99. The zero-order valence-corrected chi connectivity index (χ0v) is 7.28. The Balaban J connectivity index is 2.46. The van der Waals surface area contributed by atoms with Gasteiger partial charge in [-0.25, -0.2) is 0 Å². The molecule has 0 saturated heterocycles. The molecule has 0 radical (unpaired) electrons. The van der Waals surface area contributed by atoms with Gasteiger partial charge >= 0.3 is 0 Å². The van der Waals surface area contributed by atoms with E-state index in [0.717, 1.165) is 5.56 Å². The van der Waals surface area contributed by atoms with Crippen molar-refractivity contribution in [3.8, 4) is 0 Å². The lowest BCUT2D eigenvalue weighted by atomic mass is 10.2. The maximum Gasteiger partial charge on any atom is 0.162 e. The molecule has 0 N–H and O–H groups in total. The van der Waals surface area contributed by atoms with Crippen LogP contribution >= 0.6 is 0 Å². The van der Waals surface area contributed by atoms with Crippen molar-refractivity contribution >= 4 is 5.78 Å². The van der Waals surface area contributed by atoms with Crippen LogP contribution < -0.4 is 0 Å². The van der Waals surface area contributed by atoms with Crippen LogP contribution in [0.4, 0.5) is 0 Å². The molecule has 0 aromatic carbocycles. The van der Waals surface area contributed by atoms with Crippen LogP contribution in [0, 0.1) is 0 Å². The maximum atomic E-state index is 11.1. The summed E-state index contributed by atoms with van der Waals surface area (Å²) in [6.07, 6.45) is 3.92. The smallest absolute Gasteiger partial charge is 0.162 e. The van der Waals surface area contributed by atoms with Gasteiger partial charge in [-0.1, -0.05) is 0 Å². The van der Waals surface area contributed by atoms with Crippen molar-refractivity contribution in [2.45, 2.75) is 6.42 Å².